The van der Waals surface area contributed by atoms with Crippen LogP contribution in [0.3, 0.4) is 0 Å². The molecule has 0 bridgehead atoms. The standard InChI is InChI=1S/C12H16N2O3S/c1-13-12(17)10(14-11(16)7-18)6-8-2-4-9(15)5-3-8/h2-5,10,15,18H,6-7H2,1H3,(H,13,17)(H,14,16)/t10-/m0/s1. The van der Waals surface area contributed by atoms with E-state index in [4.69, 9.17) is 0 Å². The highest BCUT2D eigenvalue weighted by atomic mass is 32.1. The number of thiol groups is 1. The molecule has 0 aliphatic heterocycles. The van der Waals surface area contributed by atoms with Gasteiger partial charge in [-0.2, -0.15) is 12.6 Å². The molecule has 1 atom stereocenters. The Hall–Kier alpha value is -1.69. The van der Waals surface area contributed by atoms with Gasteiger partial charge in [-0.1, -0.05) is 12.1 Å². The summed E-state index contributed by atoms with van der Waals surface area (Å²) in [5.41, 5.74) is 0.848. The highest BCUT2D eigenvalue weighted by molar-refractivity contribution is 7.81. The van der Waals surface area contributed by atoms with Crippen LogP contribution in [0.4, 0.5) is 0 Å². The molecule has 0 spiro atoms. The van der Waals surface area contributed by atoms with Gasteiger partial charge in [0.05, 0.1) is 5.75 Å². The van der Waals surface area contributed by atoms with Crippen LogP contribution in [0.15, 0.2) is 24.3 Å². The first-order valence-electron chi connectivity index (χ1n) is 5.46. The topological polar surface area (TPSA) is 78.4 Å². The van der Waals surface area contributed by atoms with Crippen molar-refractivity contribution in [2.75, 3.05) is 12.8 Å². The summed E-state index contributed by atoms with van der Waals surface area (Å²) in [5, 5.41) is 14.3. The molecule has 3 N–H and O–H groups in total. The molecule has 0 heterocycles. The lowest BCUT2D eigenvalue weighted by Crippen LogP contribution is -2.47. The van der Waals surface area contributed by atoms with Crippen LogP contribution in [0.5, 0.6) is 5.75 Å². The molecular formula is C12H16N2O3S. The van der Waals surface area contributed by atoms with Crippen LogP contribution in [0.1, 0.15) is 5.56 Å². The fourth-order valence-corrected chi connectivity index (χ4v) is 1.58. The molecule has 0 radical (unpaired) electrons. The monoisotopic (exact) mass is 268 g/mol. The lowest BCUT2D eigenvalue weighted by atomic mass is 10.1. The Morgan fingerprint density at radius 1 is 1.33 bits per heavy atom. The smallest absolute Gasteiger partial charge is 0.242 e. The summed E-state index contributed by atoms with van der Waals surface area (Å²) in [6, 6.07) is 5.85. The number of likely N-dealkylation sites (N-methyl/N-ethyl adjacent to an activating group) is 1. The predicted molar refractivity (Wildman–Crippen MR) is 71.7 cm³/mol. The second kappa shape index (κ2) is 6.90. The van der Waals surface area contributed by atoms with Gasteiger partial charge < -0.3 is 15.7 Å². The van der Waals surface area contributed by atoms with E-state index < -0.39 is 6.04 Å². The molecule has 0 aromatic heterocycles. The molecule has 98 valence electrons. The first-order chi connectivity index (χ1) is 8.56. The normalized spacial score (nSPS) is 11.7. The molecule has 0 unspecified atom stereocenters. The molecule has 6 heteroatoms. The van der Waals surface area contributed by atoms with E-state index in [1.54, 1.807) is 12.1 Å². The van der Waals surface area contributed by atoms with Crippen molar-refractivity contribution < 1.29 is 14.7 Å². The van der Waals surface area contributed by atoms with Crippen molar-refractivity contribution in [2.24, 2.45) is 0 Å². The zero-order valence-electron chi connectivity index (χ0n) is 10.0. The van der Waals surface area contributed by atoms with Gasteiger partial charge in [0.15, 0.2) is 0 Å². The molecule has 1 aromatic carbocycles. The van der Waals surface area contributed by atoms with Crippen LogP contribution in [-0.4, -0.2) is 35.8 Å². The Kier molecular flexibility index (Phi) is 5.51. The van der Waals surface area contributed by atoms with Gasteiger partial charge in [0.25, 0.3) is 0 Å². The zero-order valence-corrected chi connectivity index (χ0v) is 10.9. The molecule has 0 fully saturated rings. The number of benzene rings is 1. The number of nitrogens with one attached hydrogen (secondary N) is 2. The van der Waals surface area contributed by atoms with Crippen molar-refractivity contribution in [1.29, 1.82) is 0 Å². The largest absolute Gasteiger partial charge is 0.508 e. The molecule has 18 heavy (non-hydrogen) atoms. The van der Waals surface area contributed by atoms with Gasteiger partial charge in [-0.15, -0.1) is 0 Å². The summed E-state index contributed by atoms with van der Waals surface area (Å²) in [4.78, 5) is 22.9. The van der Waals surface area contributed by atoms with Crippen LogP contribution in [0.25, 0.3) is 0 Å². The summed E-state index contributed by atoms with van der Waals surface area (Å²) >= 11 is 3.85. The third kappa shape index (κ3) is 4.29. The second-order valence-electron chi connectivity index (χ2n) is 3.76. The van der Waals surface area contributed by atoms with Crippen molar-refractivity contribution in [3.8, 4) is 5.75 Å². The number of carbonyl (C=O) groups is 2. The lowest BCUT2D eigenvalue weighted by molar-refractivity contribution is -0.127. The van der Waals surface area contributed by atoms with Crippen LogP contribution >= 0.6 is 12.6 Å². The summed E-state index contributed by atoms with van der Waals surface area (Å²) in [6.07, 6.45) is 0.361. The van der Waals surface area contributed by atoms with E-state index >= 15 is 0 Å². The average Bonchev–Trinajstić information content (AvgIpc) is 2.39. The van der Waals surface area contributed by atoms with Crippen molar-refractivity contribution in [3.63, 3.8) is 0 Å². The Balaban J connectivity index is 2.74. The van der Waals surface area contributed by atoms with E-state index in [2.05, 4.69) is 23.3 Å². The number of aromatic hydroxyl groups is 1. The van der Waals surface area contributed by atoms with Gasteiger partial charge in [-0.25, -0.2) is 0 Å². The molecular weight excluding hydrogens is 252 g/mol. The molecule has 0 saturated heterocycles. The lowest BCUT2D eigenvalue weighted by Gasteiger charge is -2.16. The molecule has 0 saturated carbocycles. The van der Waals surface area contributed by atoms with E-state index in [1.165, 1.54) is 19.2 Å². The zero-order chi connectivity index (χ0) is 13.5. The van der Waals surface area contributed by atoms with Crippen LogP contribution in [0.2, 0.25) is 0 Å². The number of hydrogen-bond acceptors (Lipinski definition) is 4. The van der Waals surface area contributed by atoms with Crippen LogP contribution < -0.4 is 10.6 Å². The first kappa shape index (κ1) is 14.4. The minimum absolute atomic E-state index is 0.0308. The van der Waals surface area contributed by atoms with Gasteiger partial charge in [-0.3, -0.25) is 9.59 Å². The van der Waals surface area contributed by atoms with Gasteiger partial charge in [0, 0.05) is 13.5 Å². The number of carbonyl (C=O) groups excluding carboxylic acids is 2. The molecule has 2 amide bonds. The maximum Gasteiger partial charge on any atom is 0.242 e. The van der Waals surface area contributed by atoms with Gasteiger partial charge >= 0.3 is 0 Å². The molecule has 1 rings (SSSR count). The van der Waals surface area contributed by atoms with Gasteiger partial charge in [0.1, 0.15) is 11.8 Å². The van der Waals surface area contributed by atoms with Crippen molar-refractivity contribution >= 4 is 24.4 Å². The summed E-state index contributed by atoms with van der Waals surface area (Å²) in [7, 11) is 1.51. The summed E-state index contributed by atoms with van der Waals surface area (Å²) in [5.74, 6) is -0.373. The Morgan fingerprint density at radius 2 is 1.94 bits per heavy atom. The van der Waals surface area contributed by atoms with Crippen molar-refractivity contribution in [3.05, 3.63) is 29.8 Å². The van der Waals surface area contributed by atoms with Gasteiger partial charge in [0.2, 0.25) is 11.8 Å². The number of phenols is 1. The highest BCUT2D eigenvalue weighted by Crippen LogP contribution is 2.11. The van der Waals surface area contributed by atoms with Crippen molar-refractivity contribution in [2.45, 2.75) is 12.5 Å². The van der Waals surface area contributed by atoms with E-state index in [9.17, 15) is 14.7 Å². The summed E-state index contributed by atoms with van der Waals surface area (Å²) in [6.45, 7) is 0. The average molecular weight is 268 g/mol. The third-order valence-corrected chi connectivity index (χ3v) is 2.71. The second-order valence-corrected chi connectivity index (χ2v) is 4.08. The number of phenolic OH excluding ortho intramolecular Hbond substituents is 1. The number of amides is 2. The Bertz CT molecular complexity index is 420. The number of hydrogen-bond donors (Lipinski definition) is 4. The fraction of sp³-hybridized carbons (Fsp3) is 0.333. The summed E-state index contributed by atoms with van der Waals surface area (Å²) < 4.78 is 0. The SMILES string of the molecule is CNC(=O)[C@H](Cc1ccc(O)cc1)NC(=O)CS. The van der Waals surface area contributed by atoms with Gasteiger partial charge in [-0.05, 0) is 17.7 Å². The van der Waals surface area contributed by atoms with E-state index in [1.807, 2.05) is 0 Å². The molecule has 1 aromatic rings. The molecule has 0 aliphatic rings. The van der Waals surface area contributed by atoms with E-state index in [0.717, 1.165) is 5.56 Å². The Morgan fingerprint density at radius 3 is 2.44 bits per heavy atom. The van der Waals surface area contributed by atoms with E-state index in [0.29, 0.717) is 6.42 Å². The first-order valence-corrected chi connectivity index (χ1v) is 6.09. The van der Waals surface area contributed by atoms with E-state index in [-0.39, 0.29) is 23.3 Å². The maximum atomic E-state index is 11.6. The van der Waals surface area contributed by atoms with Crippen LogP contribution in [0, 0.1) is 0 Å². The maximum absolute atomic E-state index is 11.6. The fourth-order valence-electron chi connectivity index (χ4n) is 1.49. The highest BCUT2D eigenvalue weighted by Gasteiger charge is 2.19. The molecule has 0 aliphatic carbocycles. The minimum Gasteiger partial charge on any atom is -0.508 e. The Labute approximate surface area is 111 Å². The quantitative estimate of drug-likeness (QED) is 0.572. The van der Waals surface area contributed by atoms with Crippen LogP contribution in [-0.2, 0) is 16.0 Å². The predicted octanol–water partition coefficient (Wildman–Crippen LogP) is 0.0953. The number of rotatable bonds is 5. The third-order valence-electron chi connectivity index (χ3n) is 2.42. The molecule has 5 nitrogen and oxygen atoms in total. The van der Waals surface area contributed by atoms with Crippen molar-refractivity contribution in [1.82, 2.24) is 10.6 Å². The minimum atomic E-state index is -0.640.